The van der Waals surface area contributed by atoms with E-state index in [0.29, 0.717) is 13.1 Å². The minimum Gasteiger partial charge on any atom is -0.360 e. The van der Waals surface area contributed by atoms with Gasteiger partial charge in [0.25, 0.3) is 0 Å². The van der Waals surface area contributed by atoms with Gasteiger partial charge in [-0.1, -0.05) is 3.89 Å². The summed E-state index contributed by atoms with van der Waals surface area (Å²) < 4.78 is 35.1. The monoisotopic (exact) mass is 196 g/mol. The molecule has 6 heteroatoms. The molecule has 0 rings (SSSR count). The van der Waals surface area contributed by atoms with Crippen LogP contribution in [0.2, 0.25) is 0 Å². The van der Waals surface area contributed by atoms with E-state index >= 15 is 0 Å². The van der Waals surface area contributed by atoms with E-state index in [-0.39, 0.29) is 5.84 Å². The van der Waals surface area contributed by atoms with Crippen LogP contribution in [0.5, 0.6) is 0 Å². The Kier molecular flexibility index (Phi) is 4.16. The first-order chi connectivity index (χ1) is 5.40. The quantitative estimate of drug-likeness (QED) is 0.384. The Morgan fingerprint density at radius 1 is 1.42 bits per heavy atom. The van der Waals surface area contributed by atoms with E-state index in [9.17, 15) is 12.3 Å². The normalized spacial score (nSPS) is 13.2. The molecule has 0 aliphatic heterocycles. The number of nitrogens with zero attached hydrogens (tertiary/aromatic N) is 2. The van der Waals surface area contributed by atoms with Crippen molar-refractivity contribution in [1.82, 2.24) is 4.90 Å². The zero-order valence-electron chi connectivity index (χ0n) is 7.41. The van der Waals surface area contributed by atoms with Crippen LogP contribution < -0.4 is 0 Å². The van der Waals surface area contributed by atoms with Crippen LogP contribution in [0.1, 0.15) is 20.8 Å². The van der Waals surface area contributed by atoms with Crippen molar-refractivity contribution in [3.63, 3.8) is 0 Å². The number of hydrogen-bond donors (Lipinski definition) is 0. The fraction of sp³-hybridized carbons (Fsp3) is 0.833. The van der Waals surface area contributed by atoms with Crippen LogP contribution in [-0.4, -0.2) is 32.2 Å². The largest absolute Gasteiger partial charge is 0.419 e. The zero-order chi connectivity index (χ0) is 9.78. The molecule has 0 aliphatic carbocycles. The lowest BCUT2D eigenvalue weighted by Gasteiger charge is -2.18. The Balaban J connectivity index is 4.57. The predicted octanol–water partition coefficient (Wildman–Crippen LogP) is 0.961. The first kappa shape index (κ1) is 11.4. The molecule has 0 saturated carbocycles. The highest BCUT2D eigenvalue weighted by Crippen LogP contribution is 1.98. The second kappa shape index (κ2) is 4.39. The molecule has 72 valence electrons. The summed E-state index contributed by atoms with van der Waals surface area (Å²) in [6, 6.07) is 0. The summed E-state index contributed by atoms with van der Waals surface area (Å²) >= 11 is 0. The zero-order valence-corrected chi connectivity index (χ0v) is 8.23. The molecule has 0 fully saturated rings. The summed E-state index contributed by atoms with van der Waals surface area (Å²) in [6.07, 6.45) is 0. The van der Waals surface area contributed by atoms with Crippen molar-refractivity contribution in [1.29, 1.82) is 0 Å². The van der Waals surface area contributed by atoms with Gasteiger partial charge in [0.05, 0.1) is 0 Å². The molecule has 4 nitrogen and oxygen atoms in total. The highest BCUT2D eigenvalue weighted by Gasteiger charge is 2.07. The van der Waals surface area contributed by atoms with Gasteiger partial charge in [0.15, 0.2) is 0 Å². The van der Waals surface area contributed by atoms with E-state index in [0.717, 1.165) is 0 Å². The molecule has 0 spiro atoms. The Hall–Kier alpha value is -0.650. The van der Waals surface area contributed by atoms with E-state index in [4.69, 9.17) is 0 Å². The van der Waals surface area contributed by atoms with Crippen molar-refractivity contribution >= 4 is 16.2 Å². The number of amidine groups is 1. The van der Waals surface area contributed by atoms with Crippen LogP contribution in [-0.2, 0) is 10.4 Å². The van der Waals surface area contributed by atoms with Gasteiger partial charge in [0.2, 0.25) is 0 Å². The third kappa shape index (κ3) is 4.27. The van der Waals surface area contributed by atoms with Gasteiger partial charge in [-0.3, -0.25) is 0 Å². The number of hydrogen-bond acceptors (Lipinski definition) is 2. The fourth-order valence-corrected chi connectivity index (χ4v) is 1.33. The molecule has 12 heavy (non-hydrogen) atoms. The molecular weight excluding hydrogens is 183 g/mol. The Morgan fingerprint density at radius 2 is 1.83 bits per heavy atom. The van der Waals surface area contributed by atoms with Crippen LogP contribution in [0.25, 0.3) is 0 Å². The number of halogens is 1. The van der Waals surface area contributed by atoms with Gasteiger partial charge >= 0.3 is 10.4 Å². The van der Waals surface area contributed by atoms with Gasteiger partial charge in [0.1, 0.15) is 5.84 Å². The van der Waals surface area contributed by atoms with Crippen molar-refractivity contribution in [2.45, 2.75) is 20.8 Å². The van der Waals surface area contributed by atoms with Gasteiger partial charge in [-0.15, -0.1) is 4.40 Å². The Bertz CT molecular complexity index is 257. The van der Waals surface area contributed by atoms with E-state index < -0.39 is 10.4 Å². The minimum atomic E-state index is -4.74. The fourth-order valence-electron chi connectivity index (χ4n) is 0.897. The Labute approximate surface area is 72.4 Å². The molecule has 0 aliphatic rings. The topological polar surface area (TPSA) is 49.7 Å². The van der Waals surface area contributed by atoms with Gasteiger partial charge in [-0.05, 0) is 20.8 Å². The maximum absolute atomic E-state index is 12.0. The van der Waals surface area contributed by atoms with Crippen molar-refractivity contribution in [2.75, 3.05) is 13.1 Å². The summed E-state index contributed by atoms with van der Waals surface area (Å²) in [6.45, 7) is 6.37. The molecule has 0 unspecified atom stereocenters. The van der Waals surface area contributed by atoms with E-state index in [1.54, 1.807) is 4.90 Å². The third-order valence-electron chi connectivity index (χ3n) is 1.46. The van der Waals surface area contributed by atoms with Crippen LogP contribution >= 0.6 is 0 Å². The van der Waals surface area contributed by atoms with Gasteiger partial charge in [-0.2, -0.15) is 8.42 Å². The predicted molar refractivity (Wildman–Crippen MR) is 46.1 cm³/mol. The maximum Gasteiger partial charge on any atom is 0.419 e. The summed E-state index contributed by atoms with van der Waals surface area (Å²) in [5, 5.41) is 0. The summed E-state index contributed by atoms with van der Waals surface area (Å²) in [5.74, 6) is 0.183. The van der Waals surface area contributed by atoms with Crippen LogP contribution in [0.3, 0.4) is 0 Å². The van der Waals surface area contributed by atoms with Crippen LogP contribution in [0.15, 0.2) is 4.40 Å². The summed E-state index contributed by atoms with van der Waals surface area (Å²) in [5.41, 5.74) is 0. The lowest BCUT2D eigenvalue weighted by Crippen LogP contribution is -2.28. The summed E-state index contributed by atoms with van der Waals surface area (Å²) in [7, 11) is -4.74. The Morgan fingerprint density at radius 3 is 2.08 bits per heavy atom. The first-order valence-corrected chi connectivity index (χ1v) is 5.00. The maximum atomic E-state index is 12.0. The lowest BCUT2D eigenvalue weighted by molar-refractivity contribution is 0.462. The highest BCUT2D eigenvalue weighted by atomic mass is 32.3. The van der Waals surface area contributed by atoms with Gasteiger partial charge < -0.3 is 4.90 Å². The van der Waals surface area contributed by atoms with E-state index in [2.05, 4.69) is 4.40 Å². The average molecular weight is 196 g/mol. The van der Waals surface area contributed by atoms with E-state index in [1.165, 1.54) is 6.92 Å². The van der Waals surface area contributed by atoms with Crippen LogP contribution in [0, 0.1) is 0 Å². The molecular formula is C6H13FN2O2S. The molecule has 0 N–H and O–H groups in total. The third-order valence-corrected chi connectivity index (χ3v) is 1.94. The highest BCUT2D eigenvalue weighted by molar-refractivity contribution is 7.85. The molecule has 0 bridgehead atoms. The number of rotatable bonds is 3. The van der Waals surface area contributed by atoms with E-state index in [1.807, 2.05) is 13.8 Å². The summed E-state index contributed by atoms with van der Waals surface area (Å²) in [4.78, 5) is 1.65. The standard InChI is InChI=1S/C6H13FN2O2S/c1-4-9(5-2)6(3)8-12(7,10)11/h4-5H2,1-3H3/b8-6+. The van der Waals surface area contributed by atoms with Crippen molar-refractivity contribution < 1.29 is 12.3 Å². The smallest absolute Gasteiger partial charge is 0.360 e. The minimum absolute atomic E-state index is 0.183. The van der Waals surface area contributed by atoms with Crippen molar-refractivity contribution in [3.8, 4) is 0 Å². The van der Waals surface area contributed by atoms with Gasteiger partial charge in [-0.25, -0.2) is 0 Å². The second-order valence-electron chi connectivity index (χ2n) is 2.22. The lowest BCUT2D eigenvalue weighted by atomic mass is 10.5. The average Bonchev–Trinajstić information content (AvgIpc) is 1.85. The van der Waals surface area contributed by atoms with Crippen molar-refractivity contribution in [3.05, 3.63) is 0 Å². The molecule has 0 aromatic heterocycles. The van der Waals surface area contributed by atoms with Crippen molar-refractivity contribution in [2.24, 2.45) is 4.40 Å². The molecule has 0 aromatic carbocycles. The first-order valence-electron chi connectivity index (χ1n) is 3.66. The molecule has 0 saturated heterocycles. The second-order valence-corrected chi connectivity index (χ2v) is 3.23. The molecule has 0 heterocycles. The van der Waals surface area contributed by atoms with Gasteiger partial charge in [0, 0.05) is 13.1 Å². The molecule has 0 atom stereocenters. The SMILES string of the molecule is CCN(CC)/C(C)=N/S(=O)(=O)F. The van der Waals surface area contributed by atoms with Crippen LogP contribution in [0.4, 0.5) is 3.89 Å². The molecule has 0 radical (unpaired) electrons. The molecule has 0 amide bonds. The molecule has 0 aromatic rings.